The fourth-order valence-corrected chi connectivity index (χ4v) is 2.01. The van der Waals surface area contributed by atoms with E-state index in [4.69, 9.17) is 0 Å². The van der Waals surface area contributed by atoms with E-state index in [0.717, 1.165) is 17.8 Å². The van der Waals surface area contributed by atoms with Crippen LogP contribution >= 0.6 is 0 Å². The van der Waals surface area contributed by atoms with Gasteiger partial charge in [0.1, 0.15) is 0 Å². The molecule has 0 radical (unpaired) electrons. The summed E-state index contributed by atoms with van der Waals surface area (Å²) in [6.45, 7) is 8.82. The van der Waals surface area contributed by atoms with E-state index in [2.05, 4.69) is 30.7 Å². The van der Waals surface area contributed by atoms with Crippen LogP contribution in [0.2, 0.25) is 0 Å². The summed E-state index contributed by atoms with van der Waals surface area (Å²) in [7, 11) is 0. The molecule has 0 amide bonds. The molecule has 1 unspecified atom stereocenters. The Kier molecular flexibility index (Phi) is 4.91. The van der Waals surface area contributed by atoms with Crippen molar-refractivity contribution in [3.8, 4) is 0 Å². The smallest absolute Gasteiger partial charge is 0.0648 e. The standard InChI is InChI=1S/C14H24N2/c1-5-7-8-9-14(4,6-2)13-11-15-10-12(3)16-13/h10-11H,5-9H2,1-4H3. The lowest BCUT2D eigenvalue weighted by Gasteiger charge is -2.27. The number of rotatable bonds is 6. The minimum absolute atomic E-state index is 0.203. The lowest BCUT2D eigenvalue weighted by Crippen LogP contribution is -2.23. The van der Waals surface area contributed by atoms with Crippen molar-refractivity contribution in [3.05, 3.63) is 23.8 Å². The highest BCUT2D eigenvalue weighted by molar-refractivity contribution is 5.13. The maximum atomic E-state index is 4.63. The molecule has 0 spiro atoms. The molecule has 1 heterocycles. The van der Waals surface area contributed by atoms with Crippen molar-refractivity contribution in [2.45, 2.75) is 65.2 Å². The highest BCUT2D eigenvalue weighted by atomic mass is 14.8. The molecule has 0 aliphatic heterocycles. The van der Waals surface area contributed by atoms with Gasteiger partial charge in [0.25, 0.3) is 0 Å². The van der Waals surface area contributed by atoms with E-state index in [1.54, 1.807) is 0 Å². The average molecular weight is 220 g/mol. The lowest BCUT2D eigenvalue weighted by atomic mass is 9.79. The van der Waals surface area contributed by atoms with E-state index in [-0.39, 0.29) is 5.41 Å². The summed E-state index contributed by atoms with van der Waals surface area (Å²) >= 11 is 0. The fourth-order valence-electron chi connectivity index (χ4n) is 2.01. The Hall–Kier alpha value is -0.920. The Labute approximate surface area is 99.5 Å². The first-order valence-corrected chi connectivity index (χ1v) is 6.41. The predicted octanol–water partition coefficient (Wildman–Crippen LogP) is 4.03. The van der Waals surface area contributed by atoms with Crippen LogP contribution in [-0.4, -0.2) is 9.97 Å². The average Bonchev–Trinajstić information content (AvgIpc) is 2.29. The van der Waals surface area contributed by atoms with E-state index >= 15 is 0 Å². The maximum Gasteiger partial charge on any atom is 0.0648 e. The van der Waals surface area contributed by atoms with E-state index in [0.29, 0.717) is 0 Å². The molecule has 0 N–H and O–H groups in total. The quantitative estimate of drug-likeness (QED) is 0.676. The van der Waals surface area contributed by atoms with Crippen LogP contribution in [0.4, 0.5) is 0 Å². The minimum Gasteiger partial charge on any atom is -0.261 e. The molecule has 1 atom stereocenters. The number of aryl methyl sites for hydroxylation is 1. The van der Waals surface area contributed by atoms with Crippen LogP contribution in [0.25, 0.3) is 0 Å². The third kappa shape index (κ3) is 3.29. The Bertz CT molecular complexity index is 322. The van der Waals surface area contributed by atoms with Crippen molar-refractivity contribution in [2.75, 3.05) is 0 Å². The van der Waals surface area contributed by atoms with Crippen molar-refractivity contribution < 1.29 is 0 Å². The first-order chi connectivity index (χ1) is 7.62. The Morgan fingerprint density at radius 2 is 1.94 bits per heavy atom. The van der Waals surface area contributed by atoms with Gasteiger partial charge in [0, 0.05) is 17.8 Å². The molecule has 2 heteroatoms. The molecular weight excluding hydrogens is 196 g/mol. The zero-order chi connectivity index (χ0) is 12.0. The molecule has 1 aromatic rings. The van der Waals surface area contributed by atoms with Gasteiger partial charge >= 0.3 is 0 Å². The summed E-state index contributed by atoms with van der Waals surface area (Å²) < 4.78 is 0. The van der Waals surface area contributed by atoms with Gasteiger partial charge < -0.3 is 0 Å². The van der Waals surface area contributed by atoms with E-state index in [1.165, 1.54) is 25.7 Å². The fraction of sp³-hybridized carbons (Fsp3) is 0.714. The van der Waals surface area contributed by atoms with Crippen molar-refractivity contribution >= 4 is 0 Å². The number of hydrogen-bond acceptors (Lipinski definition) is 2. The predicted molar refractivity (Wildman–Crippen MR) is 68.6 cm³/mol. The van der Waals surface area contributed by atoms with Gasteiger partial charge in [0.05, 0.1) is 11.4 Å². The normalized spacial score (nSPS) is 14.8. The first kappa shape index (κ1) is 13.1. The van der Waals surface area contributed by atoms with E-state index in [1.807, 2.05) is 19.3 Å². The highest BCUT2D eigenvalue weighted by Gasteiger charge is 2.25. The summed E-state index contributed by atoms with van der Waals surface area (Å²) in [5.74, 6) is 0. The molecule has 1 rings (SSSR count). The third-order valence-electron chi connectivity index (χ3n) is 3.49. The minimum atomic E-state index is 0.203. The van der Waals surface area contributed by atoms with Crippen LogP contribution in [0.1, 0.15) is 64.3 Å². The van der Waals surface area contributed by atoms with Crippen molar-refractivity contribution in [1.29, 1.82) is 0 Å². The summed E-state index contributed by atoms with van der Waals surface area (Å²) in [5, 5.41) is 0. The Balaban J connectivity index is 2.78. The molecule has 0 aromatic carbocycles. The summed E-state index contributed by atoms with van der Waals surface area (Å²) in [4.78, 5) is 8.90. The molecule has 90 valence electrons. The number of aromatic nitrogens is 2. The van der Waals surface area contributed by atoms with Gasteiger partial charge in [-0.2, -0.15) is 0 Å². The Morgan fingerprint density at radius 1 is 1.19 bits per heavy atom. The Morgan fingerprint density at radius 3 is 2.50 bits per heavy atom. The van der Waals surface area contributed by atoms with Crippen LogP contribution < -0.4 is 0 Å². The van der Waals surface area contributed by atoms with Crippen LogP contribution in [0, 0.1) is 6.92 Å². The van der Waals surface area contributed by atoms with Gasteiger partial charge in [0.15, 0.2) is 0 Å². The molecule has 0 aliphatic rings. The molecule has 0 bridgehead atoms. The van der Waals surface area contributed by atoms with Gasteiger partial charge in [0.2, 0.25) is 0 Å². The van der Waals surface area contributed by atoms with Crippen LogP contribution in [-0.2, 0) is 5.41 Å². The van der Waals surface area contributed by atoms with Crippen molar-refractivity contribution in [3.63, 3.8) is 0 Å². The van der Waals surface area contributed by atoms with E-state index < -0.39 is 0 Å². The van der Waals surface area contributed by atoms with Gasteiger partial charge in [-0.1, -0.05) is 40.0 Å². The topological polar surface area (TPSA) is 25.8 Å². The molecule has 0 saturated heterocycles. The zero-order valence-electron chi connectivity index (χ0n) is 11.1. The number of unbranched alkanes of at least 4 members (excludes halogenated alkanes) is 2. The molecule has 0 aliphatic carbocycles. The monoisotopic (exact) mass is 220 g/mol. The van der Waals surface area contributed by atoms with Crippen LogP contribution in [0.3, 0.4) is 0 Å². The van der Waals surface area contributed by atoms with Gasteiger partial charge in [-0.25, -0.2) is 0 Å². The van der Waals surface area contributed by atoms with Crippen LogP contribution in [0.5, 0.6) is 0 Å². The molecular formula is C14H24N2. The molecule has 16 heavy (non-hydrogen) atoms. The number of hydrogen-bond donors (Lipinski definition) is 0. The second-order valence-corrected chi connectivity index (χ2v) is 4.92. The summed E-state index contributed by atoms with van der Waals surface area (Å²) in [6, 6.07) is 0. The van der Waals surface area contributed by atoms with Gasteiger partial charge in [-0.3, -0.25) is 9.97 Å². The van der Waals surface area contributed by atoms with Gasteiger partial charge in [-0.05, 0) is 19.8 Å². The van der Waals surface area contributed by atoms with E-state index in [9.17, 15) is 0 Å². The molecule has 0 saturated carbocycles. The summed E-state index contributed by atoms with van der Waals surface area (Å²) in [6.07, 6.45) is 9.99. The molecule has 0 fully saturated rings. The first-order valence-electron chi connectivity index (χ1n) is 6.41. The molecule has 2 nitrogen and oxygen atoms in total. The van der Waals surface area contributed by atoms with Crippen molar-refractivity contribution in [2.24, 2.45) is 0 Å². The summed E-state index contributed by atoms with van der Waals surface area (Å²) in [5.41, 5.74) is 2.38. The second-order valence-electron chi connectivity index (χ2n) is 4.92. The SMILES string of the molecule is CCCCCC(C)(CC)c1cncc(C)n1. The zero-order valence-corrected chi connectivity index (χ0v) is 11.1. The highest BCUT2D eigenvalue weighted by Crippen LogP contribution is 2.31. The largest absolute Gasteiger partial charge is 0.261 e. The van der Waals surface area contributed by atoms with Gasteiger partial charge in [-0.15, -0.1) is 0 Å². The lowest BCUT2D eigenvalue weighted by molar-refractivity contribution is 0.386. The second kappa shape index (κ2) is 5.97. The van der Waals surface area contributed by atoms with Crippen molar-refractivity contribution in [1.82, 2.24) is 9.97 Å². The molecule has 1 aromatic heterocycles. The van der Waals surface area contributed by atoms with Crippen LogP contribution in [0.15, 0.2) is 12.4 Å². The number of nitrogens with zero attached hydrogens (tertiary/aromatic N) is 2. The third-order valence-corrected chi connectivity index (χ3v) is 3.49. The maximum absolute atomic E-state index is 4.63.